The summed E-state index contributed by atoms with van der Waals surface area (Å²) in [6.45, 7) is 3.44. The number of hydrogen-bond donors (Lipinski definition) is 1. The maximum atomic E-state index is 13.7. The largest absolute Gasteiger partial charge is 0.355 e. The highest BCUT2D eigenvalue weighted by atomic mass is 32.2. The third kappa shape index (κ3) is 4.70. The van der Waals surface area contributed by atoms with Crippen LogP contribution in [-0.4, -0.2) is 41.4 Å². The predicted molar refractivity (Wildman–Crippen MR) is 92.9 cm³/mol. The van der Waals surface area contributed by atoms with Crippen molar-refractivity contribution in [3.63, 3.8) is 0 Å². The van der Waals surface area contributed by atoms with E-state index in [0.29, 0.717) is 12.5 Å². The molecule has 0 unspecified atom stereocenters. The molecule has 0 radical (unpaired) electrons. The molecule has 0 saturated carbocycles. The molecule has 3 nitrogen and oxygen atoms in total. The Morgan fingerprint density at radius 2 is 2.04 bits per heavy atom. The molecule has 2 aliphatic rings. The van der Waals surface area contributed by atoms with Gasteiger partial charge in [0, 0.05) is 18.7 Å². The molecule has 23 heavy (non-hydrogen) atoms. The van der Waals surface area contributed by atoms with Gasteiger partial charge in [-0.25, -0.2) is 4.39 Å². The second kappa shape index (κ2) is 8.15. The Kier molecular flexibility index (Phi) is 5.95. The van der Waals surface area contributed by atoms with E-state index in [-0.39, 0.29) is 17.0 Å². The maximum absolute atomic E-state index is 13.7. The first kappa shape index (κ1) is 16.8. The zero-order valence-electron chi connectivity index (χ0n) is 13.5. The molecule has 2 saturated heterocycles. The van der Waals surface area contributed by atoms with Crippen LogP contribution in [0, 0.1) is 11.7 Å². The molecule has 3 rings (SSSR count). The zero-order chi connectivity index (χ0) is 16.1. The fourth-order valence-corrected chi connectivity index (χ4v) is 4.55. The van der Waals surface area contributed by atoms with Gasteiger partial charge in [0.1, 0.15) is 5.82 Å². The van der Waals surface area contributed by atoms with E-state index in [4.69, 9.17) is 0 Å². The van der Waals surface area contributed by atoms with E-state index < -0.39 is 0 Å². The summed E-state index contributed by atoms with van der Waals surface area (Å²) in [5, 5.41) is 3.31. The van der Waals surface area contributed by atoms with Gasteiger partial charge < -0.3 is 5.32 Å². The van der Waals surface area contributed by atoms with E-state index >= 15 is 0 Å². The molecular formula is C18H25FN2OS. The lowest BCUT2D eigenvalue weighted by molar-refractivity contribution is -0.120. The number of piperidine rings is 1. The average molecular weight is 336 g/mol. The van der Waals surface area contributed by atoms with E-state index in [2.05, 4.69) is 10.2 Å². The summed E-state index contributed by atoms with van der Waals surface area (Å²) in [7, 11) is 0. The van der Waals surface area contributed by atoms with E-state index in [1.165, 1.54) is 6.07 Å². The van der Waals surface area contributed by atoms with Crippen LogP contribution in [0.1, 0.15) is 31.2 Å². The summed E-state index contributed by atoms with van der Waals surface area (Å²) in [5.41, 5.74) is 0.775. The molecule has 5 heteroatoms. The molecule has 1 aromatic carbocycles. The van der Waals surface area contributed by atoms with Crippen molar-refractivity contribution in [1.29, 1.82) is 0 Å². The molecule has 0 aliphatic carbocycles. The van der Waals surface area contributed by atoms with E-state index in [1.54, 1.807) is 17.8 Å². The first-order chi connectivity index (χ1) is 11.2. The summed E-state index contributed by atoms with van der Waals surface area (Å²) in [4.78, 5) is 14.4. The summed E-state index contributed by atoms with van der Waals surface area (Å²) in [6, 6.07) is 7.01. The van der Waals surface area contributed by atoms with Crippen LogP contribution in [0.4, 0.5) is 4.39 Å². The van der Waals surface area contributed by atoms with Crippen molar-refractivity contribution in [3.8, 4) is 0 Å². The first-order valence-corrected chi connectivity index (χ1v) is 9.62. The Morgan fingerprint density at radius 3 is 2.74 bits per heavy atom. The third-order valence-corrected chi connectivity index (χ3v) is 6.22. The van der Waals surface area contributed by atoms with Crippen molar-refractivity contribution in [2.45, 2.75) is 37.5 Å². The van der Waals surface area contributed by atoms with E-state index in [1.807, 2.05) is 12.1 Å². The van der Waals surface area contributed by atoms with Crippen molar-refractivity contribution in [1.82, 2.24) is 10.2 Å². The molecule has 0 aromatic heterocycles. The molecule has 126 valence electrons. The maximum Gasteiger partial charge on any atom is 0.233 e. The summed E-state index contributed by atoms with van der Waals surface area (Å²) in [5.74, 6) is 1.78. The van der Waals surface area contributed by atoms with Crippen LogP contribution in [0.25, 0.3) is 0 Å². The van der Waals surface area contributed by atoms with Gasteiger partial charge in [-0.15, -0.1) is 11.8 Å². The lowest BCUT2D eigenvalue weighted by Crippen LogP contribution is -2.40. The predicted octanol–water partition coefficient (Wildman–Crippen LogP) is 3.05. The zero-order valence-corrected chi connectivity index (χ0v) is 14.3. The van der Waals surface area contributed by atoms with Crippen molar-refractivity contribution in [2.75, 3.05) is 25.4 Å². The Bertz CT molecular complexity index is 526. The van der Waals surface area contributed by atoms with Crippen molar-refractivity contribution < 1.29 is 9.18 Å². The molecule has 0 bridgehead atoms. The van der Waals surface area contributed by atoms with E-state index in [9.17, 15) is 9.18 Å². The van der Waals surface area contributed by atoms with Gasteiger partial charge in [-0.1, -0.05) is 18.2 Å². The lowest BCUT2D eigenvalue weighted by Gasteiger charge is -2.32. The lowest BCUT2D eigenvalue weighted by atomic mass is 9.96. The van der Waals surface area contributed by atoms with E-state index in [0.717, 1.165) is 56.6 Å². The number of nitrogens with one attached hydrogen (secondary N) is 1. The standard InChI is InChI=1S/C18H25FN2OS/c19-16-5-2-1-4-15(16)13-21-9-7-14(8-10-21)12-20-18(22)17-6-3-11-23-17/h1-2,4-5,14,17H,3,6-13H2,(H,20,22)/t17-/m0/s1. The molecule has 1 aromatic rings. The molecule has 1 N–H and O–H groups in total. The Morgan fingerprint density at radius 1 is 1.26 bits per heavy atom. The smallest absolute Gasteiger partial charge is 0.233 e. The normalized spacial score (nSPS) is 23.1. The van der Waals surface area contributed by atoms with Crippen LogP contribution in [-0.2, 0) is 11.3 Å². The van der Waals surface area contributed by atoms with Gasteiger partial charge >= 0.3 is 0 Å². The number of likely N-dealkylation sites (tertiary alicyclic amines) is 1. The van der Waals surface area contributed by atoms with Gasteiger partial charge in [-0.05, 0) is 56.5 Å². The van der Waals surface area contributed by atoms with Crippen LogP contribution in [0.5, 0.6) is 0 Å². The van der Waals surface area contributed by atoms with Gasteiger partial charge in [0.05, 0.1) is 5.25 Å². The Balaban J connectivity index is 1.38. The highest BCUT2D eigenvalue weighted by Gasteiger charge is 2.25. The second-order valence-corrected chi connectivity index (χ2v) is 7.87. The van der Waals surface area contributed by atoms with Crippen LogP contribution < -0.4 is 5.32 Å². The highest BCUT2D eigenvalue weighted by Crippen LogP contribution is 2.26. The van der Waals surface area contributed by atoms with Crippen LogP contribution >= 0.6 is 11.8 Å². The number of carbonyl (C=O) groups is 1. The minimum Gasteiger partial charge on any atom is -0.355 e. The van der Waals surface area contributed by atoms with Crippen molar-refractivity contribution in [3.05, 3.63) is 35.6 Å². The number of benzene rings is 1. The van der Waals surface area contributed by atoms with Gasteiger partial charge in [-0.2, -0.15) is 0 Å². The van der Waals surface area contributed by atoms with Crippen molar-refractivity contribution >= 4 is 17.7 Å². The van der Waals surface area contributed by atoms with Crippen LogP contribution in [0.2, 0.25) is 0 Å². The molecule has 2 fully saturated rings. The summed E-state index contributed by atoms with van der Waals surface area (Å²) >= 11 is 1.78. The number of halogens is 1. The fraction of sp³-hybridized carbons (Fsp3) is 0.611. The average Bonchev–Trinajstić information content (AvgIpc) is 3.11. The Labute approximate surface area is 142 Å². The van der Waals surface area contributed by atoms with Crippen LogP contribution in [0.3, 0.4) is 0 Å². The minimum atomic E-state index is -0.115. The summed E-state index contributed by atoms with van der Waals surface area (Å²) in [6.07, 6.45) is 4.34. The number of hydrogen-bond acceptors (Lipinski definition) is 3. The molecule has 0 spiro atoms. The number of rotatable bonds is 5. The quantitative estimate of drug-likeness (QED) is 0.897. The molecule has 1 amide bonds. The van der Waals surface area contributed by atoms with Crippen molar-refractivity contribution in [2.24, 2.45) is 5.92 Å². The SMILES string of the molecule is O=C(NCC1CCN(Cc2ccccc2F)CC1)[C@@H]1CCCS1. The molecule has 1 atom stereocenters. The number of nitrogens with zero attached hydrogens (tertiary/aromatic N) is 1. The highest BCUT2D eigenvalue weighted by molar-refractivity contribution is 8.00. The van der Waals surface area contributed by atoms with Gasteiger partial charge in [-0.3, -0.25) is 9.69 Å². The number of carbonyl (C=O) groups excluding carboxylic acids is 1. The first-order valence-electron chi connectivity index (χ1n) is 8.57. The molecule has 2 aliphatic heterocycles. The topological polar surface area (TPSA) is 32.3 Å². The van der Waals surface area contributed by atoms with Gasteiger partial charge in [0.15, 0.2) is 0 Å². The third-order valence-electron chi connectivity index (χ3n) is 4.85. The monoisotopic (exact) mass is 336 g/mol. The number of thioether (sulfide) groups is 1. The molecular weight excluding hydrogens is 311 g/mol. The minimum absolute atomic E-state index is 0.115. The van der Waals surface area contributed by atoms with Gasteiger partial charge in [0.25, 0.3) is 0 Å². The second-order valence-electron chi connectivity index (χ2n) is 6.56. The van der Waals surface area contributed by atoms with Gasteiger partial charge in [0.2, 0.25) is 5.91 Å². The fourth-order valence-electron chi connectivity index (χ4n) is 3.36. The summed E-state index contributed by atoms with van der Waals surface area (Å²) < 4.78 is 13.7. The number of amides is 1. The Hall–Kier alpha value is -1.07. The van der Waals surface area contributed by atoms with Crippen LogP contribution in [0.15, 0.2) is 24.3 Å². The molecule has 2 heterocycles.